The largest absolute Gasteiger partial charge is 0.429 e. The van der Waals surface area contributed by atoms with Crippen LogP contribution in [0.4, 0.5) is 10.5 Å². The third-order valence-corrected chi connectivity index (χ3v) is 1.93. The second kappa shape index (κ2) is 5.50. The average Bonchev–Trinajstić information content (AvgIpc) is 2.59. The van der Waals surface area contributed by atoms with Crippen LogP contribution in [0.3, 0.4) is 0 Å². The van der Waals surface area contributed by atoms with Gasteiger partial charge in [-0.15, -0.1) is 0 Å². The maximum absolute atomic E-state index is 11.6. The van der Waals surface area contributed by atoms with Gasteiger partial charge in [0.2, 0.25) is 5.88 Å². The van der Waals surface area contributed by atoms with E-state index in [1.165, 1.54) is 6.40 Å². The smallest absolute Gasteiger partial charge is 0.326 e. The van der Waals surface area contributed by atoms with Gasteiger partial charge in [-0.2, -0.15) is 0 Å². The second-order valence-electron chi connectivity index (χ2n) is 3.19. The van der Waals surface area contributed by atoms with Gasteiger partial charge in [0.15, 0.2) is 6.40 Å². The van der Waals surface area contributed by atoms with Crippen molar-refractivity contribution in [1.29, 1.82) is 0 Å². The number of amides is 2. The van der Waals surface area contributed by atoms with Crippen LogP contribution in [0.1, 0.15) is 0 Å². The molecule has 0 aromatic heterocycles. The number of para-hydroxylation sites is 1. The Morgan fingerprint density at radius 2 is 2.00 bits per heavy atom. The molecule has 1 heterocycles. The van der Waals surface area contributed by atoms with Crippen LogP contribution in [0.15, 0.2) is 59.6 Å². The number of nitrogens with zero attached hydrogens (tertiary/aromatic N) is 1. The summed E-state index contributed by atoms with van der Waals surface area (Å²) in [5, 5.41) is 5.22. The Morgan fingerprint density at radius 3 is 2.82 bits per heavy atom. The first kappa shape index (κ1) is 10.9. The lowest BCUT2D eigenvalue weighted by atomic mass is 10.3. The zero-order valence-electron chi connectivity index (χ0n) is 8.96. The summed E-state index contributed by atoms with van der Waals surface area (Å²) in [5.41, 5.74) is 0.712. The van der Waals surface area contributed by atoms with Crippen LogP contribution in [0, 0.1) is 0 Å². The van der Waals surface area contributed by atoms with E-state index < -0.39 is 0 Å². The average molecular weight is 229 g/mol. The number of carbonyl (C=O) groups is 1. The van der Waals surface area contributed by atoms with Crippen LogP contribution < -0.4 is 10.6 Å². The fraction of sp³-hybridized carbons (Fsp3) is 0. The highest BCUT2D eigenvalue weighted by Crippen LogP contribution is 2.05. The molecule has 0 atom stereocenters. The number of nitrogens with one attached hydrogen (secondary N) is 2. The van der Waals surface area contributed by atoms with Crippen LogP contribution >= 0.6 is 0 Å². The zero-order valence-corrected chi connectivity index (χ0v) is 8.96. The molecule has 0 aliphatic carbocycles. The molecule has 0 spiro atoms. The number of hydrogen-bond donors (Lipinski definition) is 2. The van der Waals surface area contributed by atoms with Crippen molar-refractivity contribution in [3.63, 3.8) is 0 Å². The van der Waals surface area contributed by atoms with Crippen molar-refractivity contribution < 1.29 is 9.53 Å². The SMILES string of the molecule is O=C(NC1=CC=CN=CO1)Nc1ccccc1. The maximum Gasteiger partial charge on any atom is 0.326 e. The van der Waals surface area contributed by atoms with Crippen molar-refractivity contribution >= 4 is 18.1 Å². The number of allylic oxidation sites excluding steroid dienone is 2. The molecule has 0 fully saturated rings. The summed E-state index contributed by atoms with van der Waals surface area (Å²) in [4.78, 5) is 15.3. The van der Waals surface area contributed by atoms with Gasteiger partial charge < -0.3 is 10.1 Å². The minimum atomic E-state index is -0.369. The van der Waals surface area contributed by atoms with Crippen molar-refractivity contribution in [2.24, 2.45) is 4.99 Å². The highest BCUT2D eigenvalue weighted by molar-refractivity contribution is 5.90. The maximum atomic E-state index is 11.6. The number of benzene rings is 1. The van der Waals surface area contributed by atoms with Gasteiger partial charge in [-0.05, 0) is 18.2 Å². The molecular formula is C12H11N3O2. The molecule has 1 aliphatic heterocycles. The highest BCUT2D eigenvalue weighted by Gasteiger charge is 2.05. The molecule has 5 nitrogen and oxygen atoms in total. The van der Waals surface area contributed by atoms with Crippen LogP contribution in [-0.4, -0.2) is 12.4 Å². The summed E-state index contributed by atoms with van der Waals surface area (Å²) in [6.45, 7) is 0. The molecule has 0 radical (unpaired) electrons. The fourth-order valence-corrected chi connectivity index (χ4v) is 1.21. The molecule has 1 aromatic rings. The van der Waals surface area contributed by atoms with Crippen LogP contribution in [-0.2, 0) is 4.74 Å². The molecule has 0 saturated carbocycles. The highest BCUT2D eigenvalue weighted by atomic mass is 16.5. The Hall–Kier alpha value is -2.56. The monoisotopic (exact) mass is 229 g/mol. The predicted molar refractivity (Wildman–Crippen MR) is 65.4 cm³/mol. The lowest BCUT2D eigenvalue weighted by molar-refractivity contribution is 0.249. The summed E-state index contributed by atoms with van der Waals surface area (Å²) in [5.74, 6) is 0.316. The molecule has 0 unspecified atom stereocenters. The Labute approximate surface area is 98.5 Å². The zero-order chi connectivity index (χ0) is 11.9. The van der Waals surface area contributed by atoms with Gasteiger partial charge in [0.25, 0.3) is 0 Å². The van der Waals surface area contributed by atoms with E-state index in [0.717, 1.165) is 0 Å². The quantitative estimate of drug-likeness (QED) is 0.816. The van der Waals surface area contributed by atoms with Crippen molar-refractivity contribution in [2.75, 3.05) is 5.32 Å². The van der Waals surface area contributed by atoms with Gasteiger partial charge >= 0.3 is 6.03 Å². The van der Waals surface area contributed by atoms with Crippen LogP contribution in [0.5, 0.6) is 0 Å². The van der Waals surface area contributed by atoms with Gasteiger partial charge in [-0.3, -0.25) is 5.32 Å². The fourth-order valence-electron chi connectivity index (χ4n) is 1.21. The molecule has 0 saturated heterocycles. The number of hydrogen-bond acceptors (Lipinski definition) is 3. The predicted octanol–water partition coefficient (Wildman–Crippen LogP) is 2.22. The second-order valence-corrected chi connectivity index (χ2v) is 3.19. The normalized spacial score (nSPS) is 13.3. The van der Waals surface area contributed by atoms with Crippen molar-refractivity contribution in [3.8, 4) is 0 Å². The molecule has 2 rings (SSSR count). The first-order valence-electron chi connectivity index (χ1n) is 5.03. The van der Waals surface area contributed by atoms with E-state index in [1.54, 1.807) is 30.5 Å². The molecule has 1 aromatic carbocycles. The van der Waals surface area contributed by atoms with E-state index in [9.17, 15) is 4.79 Å². The third-order valence-electron chi connectivity index (χ3n) is 1.93. The Balaban J connectivity index is 1.92. The Kier molecular flexibility index (Phi) is 3.54. The molecule has 17 heavy (non-hydrogen) atoms. The molecular weight excluding hydrogens is 218 g/mol. The summed E-state index contributed by atoms with van der Waals surface area (Å²) in [6.07, 6.45) is 6.08. The van der Waals surface area contributed by atoms with Crippen LogP contribution in [0.2, 0.25) is 0 Å². The van der Waals surface area contributed by atoms with Crippen molar-refractivity contribution in [3.05, 3.63) is 54.6 Å². The molecule has 2 N–H and O–H groups in total. The lowest BCUT2D eigenvalue weighted by Gasteiger charge is -2.08. The first-order valence-corrected chi connectivity index (χ1v) is 5.03. The molecule has 86 valence electrons. The topological polar surface area (TPSA) is 62.7 Å². The van der Waals surface area contributed by atoms with E-state index in [0.29, 0.717) is 11.6 Å². The van der Waals surface area contributed by atoms with Gasteiger partial charge in [-0.1, -0.05) is 18.2 Å². The Morgan fingerprint density at radius 1 is 1.18 bits per heavy atom. The number of urea groups is 1. The molecule has 5 heteroatoms. The molecule has 1 aliphatic rings. The minimum Gasteiger partial charge on any atom is -0.429 e. The molecule has 0 bridgehead atoms. The van der Waals surface area contributed by atoms with Gasteiger partial charge in [0.1, 0.15) is 0 Å². The van der Waals surface area contributed by atoms with Crippen molar-refractivity contribution in [2.45, 2.75) is 0 Å². The van der Waals surface area contributed by atoms with E-state index in [1.807, 2.05) is 18.2 Å². The lowest BCUT2D eigenvalue weighted by Crippen LogP contribution is -2.28. The van der Waals surface area contributed by atoms with Crippen LogP contribution in [0.25, 0.3) is 0 Å². The number of anilines is 1. The summed E-state index contributed by atoms with van der Waals surface area (Å²) in [7, 11) is 0. The van der Waals surface area contributed by atoms with Gasteiger partial charge in [0.05, 0.1) is 0 Å². The van der Waals surface area contributed by atoms with E-state index in [-0.39, 0.29) is 6.03 Å². The number of aliphatic imine (C=N–C) groups is 1. The molecule has 2 amide bonds. The Bertz CT molecular complexity index is 478. The van der Waals surface area contributed by atoms with E-state index >= 15 is 0 Å². The number of rotatable bonds is 2. The third kappa shape index (κ3) is 3.49. The number of ether oxygens (including phenoxy) is 1. The number of carbonyl (C=O) groups excluding carboxylic acids is 1. The standard InChI is InChI=1S/C12H11N3O2/c16-12(14-10-5-2-1-3-6-10)15-11-7-4-8-13-9-17-11/h1-9H,(H2,14,15,16). The van der Waals surface area contributed by atoms with Crippen molar-refractivity contribution in [1.82, 2.24) is 5.32 Å². The van der Waals surface area contributed by atoms with E-state index in [4.69, 9.17) is 4.74 Å². The van der Waals surface area contributed by atoms with E-state index in [2.05, 4.69) is 15.6 Å². The minimum absolute atomic E-state index is 0.316. The summed E-state index contributed by atoms with van der Waals surface area (Å²) in [6, 6.07) is 8.78. The van der Waals surface area contributed by atoms with Gasteiger partial charge in [0, 0.05) is 18.0 Å². The van der Waals surface area contributed by atoms with Gasteiger partial charge in [-0.25, -0.2) is 9.79 Å². The first-order chi connectivity index (χ1) is 8.34. The summed E-state index contributed by atoms with van der Waals surface area (Å²) >= 11 is 0. The summed E-state index contributed by atoms with van der Waals surface area (Å²) < 4.78 is 5.05.